The second kappa shape index (κ2) is 22.2. The van der Waals surface area contributed by atoms with E-state index in [1.54, 1.807) is 78.2 Å². The fourth-order valence-corrected chi connectivity index (χ4v) is 6.16. The lowest BCUT2D eigenvalue weighted by molar-refractivity contribution is -0.375. The molecule has 46 heavy (non-hydrogen) atoms. The molecule has 2 rings (SSSR count). The van der Waals surface area contributed by atoms with Crippen molar-refractivity contribution in [2.75, 3.05) is 112 Å². The summed E-state index contributed by atoms with van der Waals surface area (Å²) in [6, 6.07) is 0. The lowest BCUT2D eigenvalue weighted by Crippen LogP contribution is -2.67. The third-order valence-corrected chi connectivity index (χ3v) is 8.38. The van der Waals surface area contributed by atoms with Crippen LogP contribution >= 0.6 is 0 Å². The zero-order chi connectivity index (χ0) is 34.2. The van der Waals surface area contributed by atoms with Crippen LogP contribution in [0.1, 0.15) is 0 Å². The molecule has 0 N–H and O–H groups in total. The van der Waals surface area contributed by atoms with Crippen LogP contribution in [0, 0.1) is 0 Å². The molecule has 14 unspecified atom stereocenters. The van der Waals surface area contributed by atoms with Gasteiger partial charge in [-0.05, 0) is 0 Å². The number of hydrogen-bond acceptors (Lipinski definition) is 16. The van der Waals surface area contributed by atoms with E-state index >= 15 is 0 Å². The first-order valence-corrected chi connectivity index (χ1v) is 15.1. The minimum absolute atomic E-state index is 0.121. The van der Waals surface area contributed by atoms with Crippen molar-refractivity contribution in [2.24, 2.45) is 0 Å². The molecule has 14 atom stereocenters. The van der Waals surface area contributed by atoms with Gasteiger partial charge in [0.2, 0.25) is 0 Å². The van der Waals surface area contributed by atoms with Gasteiger partial charge >= 0.3 is 0 Å². The predicted molar refractivity (Wildman–Crippen MR) is 161 cm³/mol. The maximum atomic E-state index is 6.67. The molecule has 0 aliphatic carbocycles. The molecule has 2 aliphatic heterocycles. The maximum Gasteiger partial charge on any atom is 0.187 e. The number of ether oxygens (including phenoxy) is 16. The molecule has 0 saturated carbocycles. The largest absolute Gasteiger partial charge is 0.382 e. The molecule has 16 nitrogen and oxygen atoms in total. The van der Waals surface area contributed by atoms with Gasteiger partial charge in [0.25, 0.3) is 0 Å². The Morgan fingerprint density at radius 2 is 0.870 bits per heavy atom. The summed E-state index contributed by atoms with van der Waals surface area (Å²) in [7, 11) is 18.8. The van der Waals surface area contributed by atoms with Crippen LogP contribution in [-0.2, 0) is 75.8 Å². The van der Waals surface area contributed by atoms with Crippen molar-refractivity contribution in [2.45, 2.75) is 85.8 Å². The predicted octanol–water partition coefficient (Wildman–Crippen LogP) is -0.0878. The van der Waals surface area contributed by atoms with E-state index in [1.807, 2.05) is 0 Å². The molecule has 0 aromatic rings. The smallest absolute Gasteiger partial charge is 0.187 e. The van der Waals surface area contributed by atoms with E-state index in [1.165, 1.54) is 7.11 Å². The molecule has 2 aliphatic rings. The lowest BCUT2D eigenvalue weighted by atomic mass is 9.96. The van der Waals surface area contributed by atoms with Gasteiger partial charge in [0, 0.05) is 85.3 Å². The fraction of sp³-hybridized carbons (Fsp3) is 1.00. The van der Waals surface area contributed by atoms with Crippen LogP contribution in [0.15, 0.2) is 0 Å². The molecule has 0 aromatic heterocycles. The van der Waals surface area contributed by atoms with E-state index in [9.17, 15) is 0 Å². The molecule has 0 spiro atoms. The van der Waals surface area contributed by atoms with E-state index in [-0.39, 0.29) is 26.4 Å². The summed E-state index contributed by atoms with van der Waals surface area (Å²) in [5.74, 6) is 0. The van der Waals surface area contributed by atoms with Gasteiger partial charge < -0.3 is 75.8 Å². The molecule has 16 heteroatoms. The van der Waals surface area contributed by atoms with Gasteiger partial charge in [0.15, 0.2) is 12.6 Å². The lowest BCUT2D eigenvalue weighted by Gasteiger charge is -2.50. The molecule has 0 bridgehead atoms. The van der Waals surface area contributed by atoms with E-state index in [4.69, 9.17) is 75.8 Å². The van der Waals surface area contributed by atoms with Gasteiger partial charge in [-0.3, -0.25) is 0 Å². The Balaban J connectivity index is 2.48. The highest BCUT2D eigenvalue weighted by atomic mass is 16.8. The normalized spacial score (nSPS) is 34.7. The van der Waals surface area contributed by atoms with Gasteiger partial charge in [-0.1, -0.05) is 0 Å². The highest BCUT2D eigenvalue weighted by Crippen LogP contribution is 2.35. The summed E-state index contributed by atoms with van der Waals surface area (Å²) >= 11 is 0. The highest BCUT2D eigenvalue weighted by Gasteiger charge is 2.54. The van der Waals surface area contributed by atoms with Gasteiger partial charge in [0.1, 0.15) is 73.2 Å². The quantitative estimate of drug-likeness (QED) is 0.142. The first-order valence-electron chi connectivity index (χ1n) is 15.1. The Morgan fingerprint density at radius 3 is 1.30 bits per heavy atom. The van der Waals surface area contributed by atoms with Crippen molar-refractivity contribution in [3.63, 3.8) is 0 Å². The van der Waals surface area contributed by atoms with E-state index in [0.717, 1.165) is 0 Å². The molecule has 2 fully saturated rings. The summed E-state index contributed by atoms with van der Waals surface area (Å²) < 4.78 is 94.8. The average molecular weight is 675 g/mol. The molecule has 274 valence electrons. The van der Waals surface area contributed by atoms with Crippen LogP contribution in [0.3, 0.4) is 0 Å². The van der Waals surface area contributed by atoms with Crippen molar-refractivity contribution in [1.29, 1.82) is 0 Å². The molecule has 2 saturated heterocycles. The van der Waals surface area contributed by atoms with Crippen LogP contribution < -0.4 is 0 Å². The van der Waals surface area contributed by atoms with Crippen molar-refractivity contribution < 1.29 is 75.8 Å². The SMILES string of the molecule is COCC(OC)C(OC)C(OC1OC(COC)C(OC2OC(COC)C(OC)C(OC)C2OC)C(OC)C1OC)C(COC)OC. The van der Waals surface area contributed by atoms with Crippen molar-refractivity contribution in [3.8, 4) is 0 Å². The molecule has 0 radical (unpaired) electrons. The standard InChI is InChI=1S/C30H58O16/c1-31-13-17(35-5)21(37-7)23(18(36-6)14-32-2)45-30-28(42-12)26(40-10)24(20(44-30)16-34-4)46-29-27(41-11)25(39-9)22(38-8)19(43-29)15-33-3/h17-30H,13-16H2,1-12H3. The first-order chi connectivity index (χ1) is 22.3. The van der Waals surface area contributed by atoms with Crippen LogP contribution in [0.2, 0.25) is 0 Å². The van der Waals surface area contributed by atoms with Crippen LogP contribution in [0.25, 0.3) is 0 Å². The zero-order valence-corrected chi connectivity index (χ0v) is 29.4. The molecule has 2 heterocycles. The van der Waals surface area contributed by atoms with E-state index < -0.39 is 85.8 Å². The van der Waals surface area contributed by atoms with Gasteiger partial charge in [0.05, 0.1) is 26.4 Å². The second-order valence-electron chi connectivity index (χ2n) is 10.9. The Hall–Kier alpha value is -0.640. The fourth-order valence-electron chi connectivity index (χ4n) is 6.16. The van der Waals surface area contributed by atoms with Crippen molar-refractivity contribution >= 4 is 0 Å². The van der Waals surface area contributed by atoms with E-state index in [0.29, 0.717) is 0 Å². The van der Waals surface area contributed by atoms with Gasteiger partial charge in [-0.25, -0.2) is 0 Å². The summed E-state index contributed by atoms with van der Waals surface area (Å²) in [5, 5.41) is 0. The molecule has 0 aromatic carbocycles. The number of methoxy groups -OCH3 is 12. The summed E-state index contributed by atoms with van der Waals surface area (Å²) in [4.78, 5) is 0. The van der Waals surface area contributed by atoms with Crippen molar-refractivity contribution in [3.05, 3.63) is 0 Å². The minimum Gasteiger partial charge on any atom is -0.382 e. The van der Waals surface area contributed by atoms with Gasteiger partial charge in [-0.15, -0.1) is 0 Å². The monoisotopic (exact) mass is 674 g/mol. The summed E-state index contributed by atoms with van der Waals surface area (Å²) in [5.41, 5.74) is 0. The molecular formula is C30H58O16. The summed E-state index contributed by atoms with van der Waals surface area (Å²) in [6.07, 6.45) is -9.65. The van der Waals surface area contributed by atoms with Gasteiger partial charge in [-0.2, -0.15) is 0 Å². The topological polar surface area (TPSA) is 148 Å². The first kappa shape index (κ1) is 41.5. The molecule has 0 amide bonds. The highest BCUT2D eigenvalue weighted by molar-refractivity contribution is 4.97. The van der Waals surface area contributed by atoms with Crippen LogP contribution in [0.4, 0.5) is 0 Å². The maximum absolute atomic E-state index is 6.67. The average Bonchev–Trinajstić information content (AvgIpc) is 3.07. The second-order valence-corrected chi connectivity index (χ2v) is 10.9. The number of hydrogen-bond donors (Lipinski definition) is 0. The Bertz CT molecular complexity index is 781. The third kappa shape index (κ3) is 10.2. The Kier molecular flexibility index (Phi) is 20.0. The molecular weight excluding hydrogens is 616 g/mol. The van der Waals surface area contributed by atoms with Crippen LogP contribution in [-0.4, -0.2) is 198 Å². The third-order valence-electron chi connectivity index (χ3n) is 8.38. The Labute approximate surface area is 273 Å². The van der Waals surface area contributed by atoms with Crippen molar-refractivity contribution in [1.82, 2.24) is 0 Å². The summed E-state index contributed by atoms with van der Waals surface area (Å²) in [6.45, 7) is 0.783. The van der Waals surface area contributed by atoms with Crippen LogP contribution in [0.5, 0.6) is 0 Å². The minimum atomic E-state index is -0.997. The van der Waals surface area contributed by atoms with E-state index in [2.05, 4.69) is 0 Å². The Morgan fingerprint density at radius 1 is 0.435 bits per heavy atom. The zero-order valence-electron chi connectivity index (χ0n) is 29.4. The number of rotatable bonds is 23.